The van der Waals surface area contributed by atoms with Gasteiger partial charge < -0.3 is 14.7 Å². The normalized spacial score (nSPS) is 11.9. The highest BCUT2D eigenvalue weighted by molar-refractivity contribution is 7.93. The number of anilines is 1. The third-order valence-corrected chi connectivity index (χ3v) is 4.72. The van der Waals surface area contributed by atoms with Crippen molar-refractivity contribution in [1.29, 1.82) is 0 Å². The maximum Gasteiger partial charge on any atom is 0.329 e. The van der Waals surface area contributed by atoms with Crippen LogP contribution >= 0.6 is 0 Å². The van der Waals surface area contributed by atoms with Gasteiger partial charge in [0.2, 0.25) is 15.9 Å². The predicted octanol–water partition coefficient (Wildman–Crippen LogP) is 1.54. The molecule has 0 fully saturated rings. The Morgan fingerprint density at radius 1 is 1.24 bits per heavy atom. The monoisotopic (exact) mass is 372 g/mol. The lowest BCUT2D eigenvalue weighted by atomic mass is 10.0. The number of rotatable bonds is 8. The van der Waals surface area contributed by atoms with E-state index in [9.17, 15) is 18.0 Å². The molecule has 140 valence electrons. The van der Waals surface area contributed by atoms with Gasteiger partial charge in [0.15, 0.2) is 0 Å². The van der Waals surface area contributed by atoms with Crippen LogP contribution in [0.4, 0.5) is 5.69 Å². The van der Waals surface area contributed by atoms with Gasteiger partial charge in [0, 0.05) is 12.7 Å². The molecule has 0 aliphatic carbocycles. The van der Waals surface area contributed by atoms with E-state index in [1.165, 1.54) is 33.0 Å². The molecule has 1 aromatic carbocycles. The standard InChI is InChI=1S/C16H24N2O6S/c1-11(2)24-13-8-6-12(7-9-13)17-25(22,23)10-14(19)18(5)16(3,4)15(20)21/h6-9,11,17H,10H2,1-5H3,(H,20,21). The number of ether oxygens (including phenoxy) is 1. The highest BCUT2D eigenvalue weighted by Crippen LogP contribution is 2.18. The molecule has 25 heavy (non-hydrogen) atoms. The summed E-state index contributed by atoms with van der Waals surface area (Å²) in [5, 5.41) is 9.11. The van der Waals surface area contributed by atoms with E-state index in [0.717, 1.165) is 4.90 Å². The largest absolute Gasteiger partial charge is 0.491 e. The number of carboxylic acid groups (broad SMARTS) is 1. The topological polar surface area (TPSA) is 113 Å². The Morgan fingerprint density at radius 3 is 2.20 bits per heavy atom. The maximum atomic E-state index is 12.1. The van der Waals surface area contributed by atoms with Crippen molar-refractivity contribution >= 4 is 27.6 Å². The lowest BCUT2D eigenvalue weighted by molar-refractivity contribution is -0.154. The summed E-state index contributed by atoms with van der Waals surface area (Å²) in [6.45, 7) is 6.39. The SMILES string of the molecule is CC(C)Oc1ccc(NS(=O)(=O)CC(=O)N(C)C(C)(C)C(=O)O)cc1. The molecule has 0 saturated heterocycles. The molecule has 1 rings (SSSR count). The van der Waals surface area contributed by atoms with E-state index < -0.39 is 33.2 Å². The molecule has 0 heterocycles. The maximum absolute atomic E-state index is 12.1. The van der Waals surface area contributed by atoms with Gasteiger partial charge in [-0.2, -0.15) is 0 Å². The Morgan fingerprint density at radius 2 is 1.76 bits per heavy atom. The number of nitrogens with zero attached hydrogens (tertiary/aromatic N) is 1. The molecule has 0 aliphatic rings. The second-order valence-corrected chi connectivity index (χ2v) is 8.09. The third kappa shape index (κ3) is 5.93. The summed E-state index contributed by atoms with van der Waals surface area (Å²) in [7, 11) is -2.72. The van der Waals surface area contributed by atoms with Crippen LogP contribution in [0.1, 0.15) is 27.7 Å². The van der Waals surface area contributed by atoms with Gasteiger partial charge in [-0.15, -0.1) is 0 Å². The van der Waals surface area contributed by atoms with Crippen LogP contribution in [0.15, 0.2) is 24.3 Å². The van der Waals surface area contributed by atoms with Gasteiger partial charge in [-0.05, 0) is 52.0 Å². The van der Waals surface area contributed by atoms with Crippen molar-refractivity contribution in [3.05, 3.63) is 24.3 Å². The number of hydrogen-bond donors (Lipinski definition) is 2. The summed E-state index contributed by atoms with van der Waals surface area (Å²) < 4.78 is 32.0. The molecule has 2 N–H and O–H groups in total. The Hall–Kier alpha value is -2.29. The van der Waals surface area contributed by atoms with Crippen LogP contribution in [0, 0.1) is 0 Å². The molecule has 9 heteroatoms. The number of nitrogens with one attached hydrogen (secondary N) is 1. The Kier molecular flexibility index (Phi) is 6.42. The lowest BCUT2D eigenvalue weighted by Crippen LogP contribution is -2.52. The molecule has 1 amide bonds. The highest BCUT2D eigenvalue weighted by Gasteiger charge is 2.36. The predicted molar refractivity (Wildman–Crippen MR) is 94.1 cm³/mol. The molecule has 1 aromatic rings. The van der Waals surface area contributed by atoms with E-state index in [-0.39, 0.29) is 11.8 Å². The Balaban J connectivity index is 2.79. The summed E-state index contributed by atoms with van der Waals surface area (Å²) in [6, 6.07) is 6.26. The number of sulfonamides is 1. The summed E-state index contributed by atoms with van der Waals surface area (Å²) >= 11 is 0. The average molecular weight is 372 g/mol. The van der Waals surface area contributed by atoms with Crippen LogP contribution in [-0.2, 0) is 19.6 Å². The summed E-state index contributed by atoms with van der Waals surface area (Å²) in [4.78, 5) is 24.2. The van der Waals surface area contributed by atoms with Crippen molar-refractivity contribution in [2.45, 2.75) is 39.3 Å². The first-order valence-electron chi connectivity index (χ1n) is 7.62. The fraction of sp³-hybridized carbons (Fsp3) is 0.500. The van der Waals surface area contributed by atoms with Crippen molar-refractivity contribution in [3.8, 4) is 5.75 Å². The molecular formula is C16H24N2O6S. The smallest absolute Gasteiger partial charge is 0.329 e. The molecule has 0 saturated carbocycles. The van der Waals surface area contributed by atoms with E-state index in [1.54, 1.807) is 12.1 Å². The first kappa shape index (κ1) is 20.8. The van der Waals surface area contributed by atoms with Crippen LogP contribution in [0.5, 0.6) is 5.75 Å². The zero-order chi connectivity index (χ0) is 19.4. The van der Waals surface area contributed by atoms with Gasteiger partial charge in [0.25, 0.3) is 0 Å². The van der Waals surface area contributed by atoms with E-state index >= 15 is 0 Å². The summed E-state index contributed by atoms with van der Waals surface area (Å²) in [6.07, 6.45) is -0.00621. The van der Waals surface area contributed by atoms with Crippen LogP contribution < -0.4 is 9.46 Å². The molecule has 0 spiro atoms. The second-order valence-electron chi connectivity index (χ2n) is 6.37. The van der Waals surface area contributed by atoms with Crippen molar-refractivity contribution in [3.63, 3.8) is 0 Å². The molecule has 0 aromatic heterocycles. The Labute approximate surface area is 147 Å². The third-order valence-electron chi connectivity index (χ3n) is 3.55. The highest BCUT2D eigenvalue weighted by atomic mass is 32.2. The minimum absolute atomic E-state index is 0.00621. The van der Waals surface area contributed by atoms with Gasteiger partial charge in [-0.1, -0.05) is 0 Å². The van der Waals surface area contributed by atoms with Crippen molar-refractivity contribution in [2.75, 3.05) is 17.5 Å². The van der Waals surface area contributed by atoms with Crippen LogP contribution in [-0.4, -0.2) is 54.7 Å². The lowest BCUT2D eigenvalue weighted by Gasteiger charge is -2.31. The fourth-order valence-electron chi connectivity index (χ4n) is 1.80. The van der Waals surface area contributed by atoms with Crippen LogP contribution in [0.25, 0.3) is 0 Å². The number of carboxylic acids is 1. The van der Waals surface area contributed by atoms with Crippen LogP contribution in [0.2, 0.25) is 0 Å². The molecular weight excluding hydrogens is 348 g/mol. The number of aliphatic carboxylic acids is 1. The molecule has 8 nitrogen and oxygen atoms in total. The average Bonchev–Trinajstić information content (AvgIpc) is 2.46. The summed E-state index contributed by atoms with van der Waals surface area (Å²) in [5.41, 5.74) is -1.23. The number of likely N-dealkylation sites (N-methyl/N-ethyl adjacent to an activating group) is 1. The number of carbonyl (C=O) groups excluding carboxylic acids is 1. The number of amides is 1. The first-order valence-corrected chi connectivity index (χ1v) is 9.27. The van der Waals surface area contributed by atoms with Gasteiger partial charge in [0.1, 0.15) is 17.0 Å². The van der Waals surface area contributed by atoms with Crippen molar-refractivity contribution in [1.82, 2.24) is 4.90 Å². The van der Waals surface area contributed by atoms with Gasteiger partial charge in [-0.3, -0.25) is 9.52 Å². The zero-order valence-electron chi connectivity index (χ0n) is 14.9. The van der Waals surface area contributed by atoms with Crippen molar-refractivity contribution in [2.24, 2.45) is 0 Å². The van der Waals surface area contributed by atoms with Gasteiger partial charge >= 0.3 is 5.97 Å². The molecule has 0 aliphatic heterocycles. The van der Waals surface area contributed by atoms with Gasteiger partial charge in [0.05, 0.1) is 6.10 Å². The Bertz CT molecular complexity index is 725. The van der Waals surface area contributed by atoms with Crippen LogP contribution in [0.3, 0.4) is 0 Å². The molecule has 0 radical (unpaired) electrons. The van der Waals surface area contributed by atoms with E-state index in [2.05, 4.69) is 4.72 Å². The minimum Gasteiger partial charge on any atom is -0.491 e. The second kappa shape index (κ2) is 7.73. The number of carbonyl (C=O) groups is 2. The molecule has 0 unspecified atom stereocenters. The molecule has 0 bridgehead atoms. The van der Waals surface area contributed by atoms with Crippen molar-refractivity contribution < 1.29 is 27.9 Å². The first-order chi connectivity index (χ1) is 11.3. The quantitative estimate of drug-likeness (QED) is 0.716. The zero-order valence-corrected chi connectivity index (χ0v) is 15.8. The van der Waals surface area contributed by atoms with E-state index in [0.29, 0.717) is 5.75 Å². The van der Waals surface area contributed by atoms with E-state index in [1.807, 2.05) is 13.8 Å². The summed E-state index contributed by atoms with van der Waals surface area (Å²) in [5.74, 6) is -2.31. The minimum atomic E-state index is -3.98. The van der Waals surface area contributed by atoms with E-state index in [4.69, 9.17) is 9.84 Å². The molecule has 0 atom stereocenters. The number of hydrogen-bond acceptors (Lipinski definition) is 5. The fourth-order valence-corrected chi connectivity index (χ4v) is 2.89. The van der Waals surface area contributed by atoms with Gasteiger partial charge in [-0.25, -0.2) is 13.2 Å². The number of benzene rings is 1.